The van der Waals surface area contributed by atoms with Crippen molar-refractivity contribution in [2.45, 2.75) is 0 Å². The normalized spacial score (nSPS) is 9.27. The molecule has 0 fully saturated rings. The van der Waals surface area contributed by atoms with E-state index in [1.54, 1.807) is 0 Å². The summed E-state index contributed by atoms with van der Waals surface area (Å²) >= 11 is 5.45. The molecular formula is C6H5ClN2O2. The van der Waals surface area contributed by atoms with Crippen LogP contribution in [-0.2, 0) is 0 Å². The summed E-state index contributed by atoms with van der Waals surface area (Å²) < 4.78 is 4.74. The number of methoxy groups -OCH3 is 1. The number of halogens is 1. The lowest BCUT2D eigenvalue weighted by molar-refractivity contribution is 0.111. The van der Waals surface area contributed by atoms with Crippen LogP contribution in [0.5, 0.6) is 5.88 Å². The van der Waals surface area contributed by atoms with Crippen LogP contribution in [0.4, 0.5) is 0 Å². The maximum absolute atomic E-state index is 10.2. The molecule has 4 nitrogen and oxygen atoms in total. The number of ether oxygens (including phenoxy) is 1. The Morgan fingerprint density at radius 2 is 2.36 bits per heavy atom. The average Bonchev–Trinajstić information content (AvgIpc) is 2.03. The van der Waals surface area contributed by atoms with Crippen molar-refractivity contribution < 1.29 is 9.53 Å². The summed E-state index contributed by atoms with van der Waals surface area (Å²) in [5, 5.41) is 0.00597. The predicted molar refractivity (Wildman–Crippen MR) is 39.0 cm³/mol. The van der Waals surface area contributed by atoms with Crippen molar-refractivity contribution in [2.75, 3.05) is 7.11 Å². The molecule has 0 atom stereocenters. The van der Waals surface area contributed by atoms with Crippen molar-refractivity contribution in [1.82, 2.24) is 9.97 Å². The summed E-state index contributed by atoms with van der Waals surface area (Å²) in [5.41, 5.74) is 0.210. The molecule has 0 bridgehead atoms. The standard InChI is InChI=1S/C6H5ClN2O2/c1-11-5-2-4(3-10)8-6(7)9-5/h2-3H,1H3. The first-order chi connectivity index (χ1) is 5.26. The number of rotatable bonds is 2. The van der Waals surface area contributed by atoms with E-state index in [0.29, 0.717) is 6.29 Å². The molecule has 0 aliphatic rings. The zero-order chi connectivity index (χ0) is 8.27. The fourth-order valence-electron chi connectivity index (χ4n) is 0.578. The quantitative estimate of drug-likeness (QED) is 0.492. The molecule has 11 heavy (non-hydrogen) atoms. The molecule has 0 aromatic carbocycles. The first kappa shape index (κ1) is 7.94. The molecule has 0 saturated heterocycles. The molecule has 0 spiro atoms. The van der Waals surface area contributed by atoms with Gasteiger partial charge >= 0.3 is 0 Å². The van der Waals surface area contributed by atoms with Crippen LogP contribution in [0, 0.1) is 0 Å². The summed E-state index contributed by atoms with van der Waals surface area (Å²) in [5.74, 6) is 0.284. The van der Waals surface area contributed by atoms with E-state index in [-0.39, 0.29) is 16.9 Å². The van der Waals surface area contributed by atoms with Gasteiger partial charge in [0.05, 0.1) is 7.11 Å². The number of hydrogen-bond acceptors (Lipinski definition) is 4. The highest BCUT2D eigenvalue weighted by atomic mass is 35.5. The zero-order valence-electron chi connectivity index (χ0n) is 5.74. The van der Waals surface area contributed by atoms with Gasteiger partial charge in [0.25, 0.3) is 0 Å². The van der Waals surface area contributed by atoms with Gasteiger partial charge in [0.15, 0.2) is 6.29 Å². The number of carbonyl (C=O) groups is 1. The third-order valence-electron chi connectivity index (χ3n) is 1.03. The summed E-state index contributed by atoms with van der Waals surface area (Å²) in [6.07, 6.45) is 0.579. The number of carbonyl (C=O) groups excluding carboxylic acids is 1. The van der Waals surface area contributed by atoms with E-state index in [4.69, 9.17) is 16.3 Å². The summed E-state index contributed by atoms with van der Waals surface area (Å²) in [6, 6.07) is 1.40. The fraction of sp³-hybridized carbons (Fsp3) is 0.167. The van der Waals surface area contributed by atoms with E-state index < -0.39 is 0 Å². The van der Waals surface area contributed by atoms with Crippen LogP contribution >= 0.6 is 11.6 Å². The molecule has 1 aromatic rings. The van der Waals surface area contributed by atoms with Crippen molar-refractivity contribution in [2.24, 2.45) is 0 Å². The highest BCUT2D eigenvalue weighted by Gasteiger charge is 2.00. The molecule has 1 aromatic heterocycles. The summed E-state index contributed by atoms with van der Waals surface area (Å²) in [4.78, 5) is 17.5. The molecule has 0 saturated carbocycles. The van der Waals surface area contributed by atoms with Crippen LogP contribution in [0.15, 0.2) is 6.07 Å². The minimum absolute atomic E-state index is 0.00597. The van der Waals surface area contributed by atoms with Gasteiger partial charge in [-0.15, -0.1) is 0 Å². The third-order valence-corrected chi connectivity index (χ3v) is 1.19. The number of aromatic nitrogens is 2. The maximum atomic E-state index is 10.2. The van der Waals surface area contributed by atoms with E-state index in [9.17, 15) is 4.79 Å². The molecule has 0 N–H and O–H groups in total. The predicted octanol–water partition coefficient (Wildman–Crippen LogP) is 0.951. The van der Waals surface area contributed by atoms with Crippen molar-refractivity contribution in [3.05, 3.63) is 17.0 Å². The lowest BCUT2D eigenvalue weighted by Gasteiger charge is -1.97. The van der Waals surface area contributed by atoms with Gasteiger partial charge in [-0.05, 0) is 11.6 Å². The molecule has 0 aliphatic heterocycles. The fourth-order valence-corrected chi connectivity index (χ4v) is 0.759. The van der Waals surface area contributed by atoms with Gasteiger partial charge in [0.1, 0.15) is 5.69 Å². The Labute approximate surface area is 68.2 Å². The lowest BCUT2D eigenvalue weighted by Crippen LogP contribution is -1.94. The van der Waals surface area contributed by atoms with Crippen LogP contribution in [0.1, 0.15) is 10.5 Å². The number of nitrogens with zero attached hydrogens (tertiary/aromatic N) is 2. The topological polar surface area (TPSA) is 52.1 Å². The van der Waals surface area contributed by atoms with Crippen molar-refractivity contribution in [3.8, 4) is 5.88 Å². The molecule has 5 heteroatoms. The van der Waals surface area contributed by atoms with Gasteiger partial charge in [0, 0.05) is 6.07 Å². The minimum Gasteiger partial charge on any atom is -0.481 e. The molecule has 58 valence electrons. The van der Waals surface area contributed by atoms with Gasteiger partial charge in [-0.3, -0.25) is 4.79 Å². The molecule has 0 unspecified atom stereocenters. The van der Waals surface area contributed by atoms with E-state index in [1.165, 1.54) is 13.2 Å². The van der Waals surface area contributed by atoms with Crippen LogP contribution < -0.4 is 4.74 Å². The van der Waals surface area contributed by atoms with Gasteiger partial charge in [-0.25, -0.2) is 4.98 Å². The Kier molecular flexibility index (Phi) is 2.38. The van der Waals surface area contributed by atoms with Crippen LogP contribution in [-0.4, -0.2) is 23.4 Å². The molecule has 1 rings (SSSR count). The molecule has 0 radical (unpaired) electrons. The van der Waals surface area contributed by atoms with E-state index in [1.807, 2.05) is 0 Å². The lowest BCUT2D eigenvalue weighted by atomic mass is 10.4. The second-order valence-corrected chi connectivity index (χ2v) is 2.06. The first-order valence-corrected chi connectivity index (χ1v) is 3.18. The van der Waals surface area contributed by atoms with Crippen LogP contribution in [0.25, 0.3) is 0 Å². The highest BCUT2D eigenvalue weighted by Crippen LogP contribution is 2.10. The van der Waals surface area contributed by atoms with E-state index >= 15 is 0 Å². The van der Waals surface area contributed by atoms with Crippen molar-refractivity contribution in [3.63, 3.8) is 0 Å². The summed E-state index contributed by atoms with van der Waals surface area (Å²) in [6.45, 7) is 0. The Morgan fingerprint density at radius 3 is 2.91 bits per heavy atom. The monoisotopic (exact) mass is 172 g/mol. The Morgan fingerprint density at radius 1 is 1.64 bits per heavy atom. The van der Waals surface area contributed by atoms with Crippen LogP contribution in [0.2, 0.25) is 5.28 Å². The minimum atomic E-state index is 0.00597. The van der Waals surface area contributed by atoms with E-state index in [0.717, 1.165) is 0 Å². The molecule has 1 heterocycles. The molecular weight excluding hydrogens is 168 g/mol. The second-order valence-electron chi connectivity index (χ2n) is 1.72. The Bertz CT molecular complexity index is 277. The average molecular weight is 173 g/mol. The third kappa shape index (κ3) is 1.88. The SMILES string of the molecule is COc1cc(C=O)nc(Cl)n1. The molecule has 0 amide bonds. The Balaban J connectivity index is 3.11. The van der Waals surface area contributed by atoms with E-state index in [2.05, 4.69) is 9.97 Å². The smallest absolute Gasteiger partial charge is 0.226 e. The largest absolute Gasteiger partial charge is 0.481 e. The Hall–Kier alpha value is -1.16. The maximum Gasteiger partial charge on any atom is 0.226 e. The summed E-state index contributed by atoms with van der Waals surface area (Å²) in [7, 11) is 1.44. The second kappa shape index (κ2) is 3.30. The van der Waals surface area contributed by atoms with Gasteiger partial charge in [-0.2, -0.15) is 4.98 Å². The number of aldehydes is 1. The van der Waals surface area contributed by atoms with Gasteiger partial charge in [0.2, 0.25) is 11.2 Å². The van der Waals surface area contributed by atoms with Gasteiger partial charge in [-0.1, -0.05) is 0 Å². The van der Waals surface area contributed by atoms with Crippen LogP contribution in [0.3, 0.4) is 0 Å². The van der Waals surface area contributed by atoms with Crippen molar-refractivity contribution >= 4 is 17.9 Å². The molecule has 0 aliphatic carbocycles. The number of hydrogen-bond donors (Lipinski definition) is 0. The van der Waals surface area contributed by atoms with Crippen molar-refractivity contribution in [1.29, 1.82) is 0 Å². The first-order valence-electron chi connectivity index (χ1n) is 2.80. The van der Waals surface area contributed by atoms with Gasteiger partial charge < -0.3 is 4.74 Å². The zero-order valence-corrected chi connectivity index (χ0v) is 6.50. The highest BCUT2D eigenvalue weighted by molar-refractivity contribution is 6.28.